The molecule has 0 saturated carbocycles. The van der Waals surface area contributed by atoms with Crippen molar-refractivity contribution < 1.29 is 9.47 Å². The molecule has 1 N–H and O–H groups in total. The van der Waals surface area contributed by atoms with Gasteiger partial charge in [0, 0.05) is 18.7 Å². The lowest BCUT2D eigenvalue weighted by Crippen LogP contribution is -2.00. The standard InChI is InChI=1S/C10H14ClNO2/c1-4-12-8-6-9(13-2)7(11)5-10(8)14-3/h5-6,12H,4H2,1-3H3. The van der Waals surface area contributed by atoms with Crippen molar-refractivity contribution in [3.63, 3.8) is 0 Å². The van der Waals surface area contributed by atoms with E-state index in [1.54, 1.807) is 20.3 Å². The van der Waals surface area contributed by atoms with Crippen molar-refractivity contribution in [2.45, 2.75) is 6.92 Å². The summed E-state index contributed by atoms with van der Waals surface area (Å²) in [4.78, 5) is 0. The van der Waals surface area contributed by atoms with Gasteiger partial charge in [0.2, 0.25) is 0 Å². The average Bonchev–Trinajstić information content (AvgIpc) is 2.20. The number of anilines is 1. The van der Waals surface area contributed by atoms with Crippen LogP contribution in [-0.2, 0) is 0 Å². The van der Waals surface area contributed by atoms with Crippen LogP contribution in [0.1, 0.15) is 6.92 Å². The van der Waals surface area contributed by atoms with Crippen molar-refractivity contribution in [3.05, 3.63) is 17.2 Å². The highest BCUT2D eigenvalue weighted by Crippen LogP contribution is 2.35. The second kappa shape index (κ2) is 4.96. The molecule has 0 aromatic heterocycles. The monoisotopic (exact) mass is 215 g/mol. The van der Waals surface area contributed by atoms with Gasteiger partial charge in [-0.3, -0.25) is 0 Å². The third-order valence-corrected chi connectivity index (χ3v) is 2.14. The number of rotatable bonds is 4. The number of hydrogen-bond donors (Lipinski definition) is 1. The fourth-order valence-electron chi connectivity index (χ4n) is 1.19. The van der Waals surface area contributed by atoms with E-state index in [1.165, 1.54) is 0 Å². The molecule has 0 aliphatic heterocycles. The first-order chi connectivity index (χ1) is 6.72. The van der Waals surface area contributed by atoms with Crippen LogP contribution in [-0.4, -0.2) is 20.8 Å². The summed E-state index contributed by atoms with van der Waals surface area (Å²) in [5.74, 6) is 1.36. The van der Waals surface area contributed by atoms with Gasteiger partial charge in [-0.05, 0) is 6.92 Å². The highest BCUT2D eigenvalue weighted by Gasteiger charge is 2.08. The summed E-state index contributed by atoms with van der Waals surface area (Å²) in [6.45, 7) is 2.83. The molecular formula is C10H14ClNO2. The van der Waals surface area contributed by atoms with Gasteiger partial charge in [0.25, 0.3) is 0 Å². The molecule has 1 aromatic carbocycles. The van der Waals surface area contributed by atoms with Gasteiger partial charge in [0.05, 0.1) is 24.9 Å². The van der Waals surface area contributed by atoms with Crippen molar-refractivity contribution in [1.82, 2.24) is 0 Å². The topological polar surface area (TPSA) is 30.5 Å². The van der Waals surface area contributed by atoms with E-state index < -0.39 is 0 Å². The van der Waals surface area contributed by atoms with Gasteiger partial charge < -0.3 is 14.8 Å². The lowest BCUT2D eigenvalue weighted by Gasteiger charge is -2.12. The smallest absolute Gasteiger partial charge is 0.143 e. The predicted molar refractivity (Wildman–Crippen MR) is 58.7 cm³/mol. The van der Waals surface area contributed by atoms with E-state index in [9.17, 15) is 0 Å². The maximum Gasteiger partial charge on any atom is 0.143 e. The minimum Gasteiger partial charge on any atom is -0.495 e. The Morgan fingerprint density at radius 1 is 1.21 bits per heavy atom. The van der Waals surface area contributed by atoms with Crippen LogP contribution in [0.5, 0.6) is 11.5 Å². The van der Waals surface area contributed by atoms with Gasteiger partial charge in [-0.2, -0.15) is 0 Å². The van der Waals surface area contributed by atoms with Crippen LogP contribution in [0.3, 0.4) is 0 Å². The molecule has 0 aliphatic rings. The summed E-state index contributed by atoms with van der Waals surface area (Å²) in [7, 11) is 3.20. The Morgan fingerprint density at radius 2 is 1.86 bits per heavy atom. The van der Waals surface area contributed by atoms with Gasteiger partial charge in [-0.25, -0.2) is 0 Å². The van der Waals surface area contributed by atoms with Crippen LogP contribution in [0, 0.1) is 0 Å². The molecule has 3 nitrogen and oxygen atoms in total. The molecule has 78 valence electrons. The van der Waals surface area contributed by atoms with Crippen molar-refractivity contribution in [2.24, 2.45) is 0 Å². The summed E-state index contributed by atoms with van der Waals surface area (Å²) >= 11 is 5.95. The molecule has 0 unspecified atom stereocenters. The molecular weight excluding hydrogens is 202 g/mol. The number of nitrogens with one attached hydrogen (secondary N) is 1. The molecule has 4 heteroatoms. The van der Waals surface area contributed by atoms with E-state index in [-0.39, 0.29) is 0 Å². The second-order valence-corrected chi connectivity index (χ2v) is 3.12. The Bertz CT molecular complexity index is 315. The predicted octanol–water partition coefficient (Wildman–Crippen LogP) is 2.79. The largest absolute Gasteiger partial charge is 0.495 e. The normalized spacial score (nSPS) is 9.71. The molecule has 0 heterocycles. The molecule has 0 saturated heterocycles. The average molecular weight is 216 g/mol. The zero-order chi connectivity index (χ0) is 10.6. The first kappa shape index (κ1) is 11.0. The van der Waals surface area contributed by atoms with E-state index in [1.807, 2.05) is 13.0 Å². The van der Waals surface area contributed by atoms with Crippen LogP contribution in [0.25, 0.3) is 0 Å². The maximum atomic E-state index is 5.95. The molecule has 1 rings (SSSR count). The van der Waals surface area contributed by atoms with Gasteiger partial charge >= 0.3 is 0 Å². The zero-order valence-corrected chi connectivity index (χ0v) is 9.31. The van der Waals surface area contributed by atoms with Crippen LogP contribution < -0.4 is 14.8 Å². The highest BCUT2D eigenvalue weighted by atomic mass is 35.5. The highest BCUT2D eigenvalue weighted by molar-refractivity contribution is 6.32. The fourth-order valence-corrected chi connectivity index (χ4v) is 1.42. The van der Waals surface area contributed by atoms with Crippen molar-refractivity contribution in [3.8, 4) is 11.5 Å². The quantitative estimate of drug-likeness (QED) is 0.838. The lowest BCUT2D eigenvalue weighted by atomic mass is 10.2. The van der Waals surface area contributed by atoms with E-state index in [2.05, 4.69) is 5.32 Å². The molecule has 0 spiro atoms. The van der Waals surface area contributed by atoms with Crippen LogP contribution in [0.15, 0.2) is 12.1 Å². The summed E-state index contributed by atoms with van der Waals surface area (Å²) in [5, 5.41) is 3.71. The Labute approximate surface area is 89.0 Å². The van der Waals surface area contributed by atoms with Crippen LogP contribution in [0.4, 0.5) is 5.69 Å². The van der Waals surface area contributed by atoms with Crippen molar-refractivity contribution in [2.75, 3.05) is 26.1 Å². The maximum absolute atomic E-state index is 5.95. The lowest BCUT2D eigenvalue weighted by molar-refractivity contribution is 0.405. The zero-order valence-electron chi connectivity index (χ0n) is 8.56. The Hall–Kier alpha value is -1.09. The Kier molecular flexibility index (Phi) is 3.89. The minimum absolute atomic E-state index is 0.547. The summed E-state index contributed by atoms with van der Waals surface area (Å²) in [5.41, 5.74) is 0.885. The van der Waals surface area contributed by atoms with E-state index >= 15 is 0 Å². The van der Waals surface area contributed by atoms with Gasteiger partial charge in [0.15, 0.2) is 0 Å². The third-order valence-electron chi connectivity index (χ3n) is 1.84. The van der Waals surface area contributed by atoms with Crippen molar-refractivity contribution in [1.29, 1.82) is 0 Å². The number of ether oxygens (including phenoxy) is 2. The summed E-state index contributed by atoms with van der Waals surface area (Å²) in [6.07, 6.45) is 0. The first-order valence-corrected chi connectivity index (χ1v) is 4.76. The molecule has 1 aromatic rings. The first-order valence-electron chi connectivity index (χ1n) is 4.38. The number of benzene rings is 1. The SMILES string of the molecule is CCNc1cc(OC)c(Cl)cc1OC. The molecule has 0 bridgehead atoms. The molecule has 0 amide bonds. The number of methoxy groups -OCH3 is 2. The number of halogens is 1. The van der Waals surface area contributed by atoms with E-state index in [4.69, 9.17) is 21.1 Å². The van der Waals surface area contributed by atoms with Crippen LogP contribution in [0.2, 0.25) is 5.02 Å². The summed E-state index contributed by atoms with van der Waals surface area (Å²) in [6, 6.07) is 3.56. The molecule has 0 aliphatic carbocycles. The van der Waals surface area contributed by atoms with Crippen LogP contribution >= 0.6 is 11.6 Å². The fraction of sp³-hybridized carbons (Fsp3) is 0.400. The van der Waals surface area contributed by atoms with Gasteiger partial charge in [-0.15, -0.1) is 0 Å². The molecule has 14 heavy (non-hydrogen) atoms. The molecule has 0 radical (unpaired) electrons. The third kappa shape index (κ3) is 2.23. The van der Waals surface area contributed by atoms with E-state index in [0.717, 1.165) is 18.0 Å². The molecule has 0 fully saturated rings. The Morgan fingerprint density at radius 3 is 2.36 bits per heavy atom. The second-order valence-electron chi connectivity index (χ2n) is 2.72. The Balaban J connectivity index is 3.11. The molecule has 0 atom stereocenters. The number of hydrogen-bond acceptors (Lipinski definition) is 3. The van der Waals surface area contributed by atoms with Gasteiger partial charge in [0.1, 0.15) is 11.5 Å². The van der Waals surface area contributed by atoms with E-state index in [0.29, 0.717) is 10.8 Å². The van der Waals surface area contributed by atoms with Gasteiger partial charge in [-0.1, -0.05) is 11.6 Å². The van der Waals surface area contributed by atoms with Crippen molar-refractivity contribution >= 4 is 17.3 Å². The minimum atomic E-state index is 0.547. The summed E-state index contributed by atoms with van der Waals surface area (Å²) < 4.78 is 10.3.